The molecular formula is C12H15N3S2. The second kappa shape index (κ2) is 5.65. The van der Waals surface area contributed by atoms with Gasteiger partial charge < -0.3 is 0 Å². The van der Waals surface area contributed by atoms with Gasteiger partial charge in [0.15, 0.2) is 0 Å². The third kappa shape index (κ3) is 3.08. The summed E-state index contributed by atoms with van der Waals surface area (Å²) in [7, 11) is 0. The molecule has 1 atom stereocenters. The first-order chi connectivity index (χ1) is 8.20. The van der Waals surface area contributed by atoms with Crippen molar-refractivity contribution in [1.29, 1.82) is 5.26 Å². The van der Waals surface area contributed by atoms with Gasteiger partial charge in [0.05, 0.1) is 10.6 Å². The maximum Gasteiger partial charge on any atom is 0.145 e. The Morgan fingerprint density at radius 1 is 1.71 bits per heavy atom. The van der Waals surface area contributed by atoms with E-state index in [1.807, 2.05) is 18.0 Å². The molecule has 1 fully saturated rings. The van der Waals surface area contributed by atoms with Gasteiger partial charge in [0.25, 0.3) is 0 Å². The van der Waals surface area contributed by atoms with Gasteiger partial charge >= 0.3 is 0 Å². The standard InChI is InChI=1S/C12H15N3S2/c1-9(2)5-10-7-16-12(17-10)11(6-13)15-4-3-14-8-15/h3-4,8-10H,5,7H2,1-2H3. The number of nitrogens with zero attached hydrogens (tertiary/aromatic N) is 3. The van der Waals surface area contributed by atoms with Crippen molar-refractivity contribution in [3.8, 4) is 6.07 Å². The number of allylic oxidation sites excluding steroid dienone is 1. The third-order valence-electron chi connectivity index (χ3n) is 2.47. The van der Waals surface area contributed by atoms with Crippen molar-refractivity contribution >= 4 is 29.2 Å². The van der Waals surface area contributed by atoms with Crippen LogP contribution in [-0.4, -0.2) is 20.6 Å². The van der Waals surface area contributed by atoms with Gasteiger partial charge in [-0.15, -0.1) is 23.5 Å². The van der Waals surface area contributed by atoms with Gasteiger partial charge in [-0.25, -0.2) is 4.98 Å². The molecule has 0 spiro atoms. The molecule has 90 valence electrons. The van der Waals surface area contributed by atoms with E-state index >= 15 is 0 Å². The molecule has 0 bridgehead atoms. The Hall–Kier alpha value is -0.860. The minimum atomic E-state index is 0.641. The van der Waals surface area contributed by atoms with E-state index in [2.05, 4.69) is 24.9 Å². The number of hydrogen-bond donors (Lipinski definition) is 0. The highest BCUT2D eigenvalue weighted by molar-refractivity contribution is 8.25. The van der Waals surface area contributed by atoms with Gasteiger partial charge in [-0.2, -0.15) is 5.26 Å². The van der Waals surface area contributed by atoms with Crippen LogP contribution >= 0.6 is 23.5 Å². The molecule has 2 rings (SSSR count). The lowest BCUT2D eigenvalue weighted by Crippen LogP contribution is -2.04. The number of nitriles is 1. The fourth-order valence-corrected chi connectivity index (χ4v) is 4.92. The maximum atomic E-state index is 9.24. The largest absolute Gasteiger partial charge is 0.296 e. The van der Waals surface area contributed by atoms with Crippen LogP contribution in [0, 0.1) is 17.2 Å². The smallest absolute Gasteiger partial charge is 0.145 e. The summed E-state index contributed by atoms with van der Waals surface area (Å²) >= 11 is 3.64. The Morgan fingerprint density at radius 2 is 2.53 bits per heavy atom. The summed E-state index contributed by atoms with van der Waals surface area (Å²) in [5.74, 6) is 1.82. The van der Waals surface area contributed by atoms with Gasteiger partial charge in [0.2, 0.25) is 0 Å². The molecule has 0 radical (unpaired) electrons. The molecule has 2 heterocycles. The Balaban J connectivity index is 2.14. The second-order valence-electron chi connectivity index (χ2n) is 4.40. The van der Waals surface area contributed by atoms with Crippen LogP contribution in [0.4, 0.5) is 0 Å². The Bertz CT molecular complexity index is 443. The van der Waals surface area contributed by atoms with E-state index < -0.39 is 0 Å². The molecule has 0 aliphatic carbocycles. The van der Waals surface area contributed by atoms with Crippen LogP contribution in [0.25, 0.3) is 5.70 Å². The number of thioether (sulfide) groups is 2. The summed E-state index contributed by atoms with van der Waals surface area (Å²) in [5, 5.41) is 9.88. The molecular weight excluding hydrogens is 250 g/mol. The van der Waals surface area contributed by atoms with Gasteiger partial charge in [0, 0.05) is 23.4 Å². The van der Waals surface area contributed by atoms with Gasteiger partial charge in [-0.3, -0.25) is 4.57 Å². The lowest BCUT2D eigenvalue weighted by molar-refractivity contribution is 0.589. The minimum Gasteiger partial charge on any atom is -0.296 e. The molecule has 5 heteroatoms. The van der Waals surface area contributed by atoms with Crippen LogP contribution in [0.5, 0.6) is 0 Å². The lowest BCUT2D eigenvalue weighted by Gasteiger charge is -2.09. The Labute approximate surface area is 110 Å². The van der Waals surface area contributed by atoms with Gasteiger partial charge in [-0.1, -0.05) is 13.8 Å². The average molecular weight is 265 g/mol. The summed E-state index contributed by atoms with van der Waals surface area (Å²) in [4.78, 5) is 3.99. The topological polar surface area (TPSA) is 41.6 Å². The van der Waals surface area contributed by atoms with Crippen LogP contribution in [-0.2, 0) is 0 Å². The maximum absolute atomic E-state index is 9.24. The van der Waals surface area contributed by atoms with E-state index in [1.54, 1.807) is 28.9 Å². The zero-order valence-electron chi connectivity index (χ0n) is 9.96. The normalized spacial score (nSPS) is 22.8. The van der Waals surface area contributed by atoms with E-state index in [4.69, 9.17) is 0 Å². The van der Waals surface area contributed by atoms with Gasteiger partial charge in [0.1, 0.15) is 11.8 Å². The molecule has 1 aromatic heterocycles. The monoisotopic (exact) mass is 265 g/mol. The molecule has 1 unspecified atom stereocenters. The first-order valence-corrected chi connectivity index (χ1v) is 7.49. The number of imidazole rings is 1. The molecule has 1 aliphatic heterocycles. The van der Waals surface area contributed by atoms with Crippen LogP contribution in [0.15, 0.2) is 23.0 Å². The summed E-state index contributed by atoms with van der Waals surface area (Å²) < 4.78 is 2.93. The SMILES string of the molecule is CC(C)CC1CSC(=C(C#N)n2ccnc2)S1. The van der Waals surface area contributed by atoms with Crippen LogP contribution in [0.3, 0.4) is 0 Å². The van der Waals surface area contributed by atoms with Crippen LogP contribution in [0.1, 0.15) is 20.3 Å². The lowest BCUT2D eigenvalue weighted by atomic mass is 10.1. The highest BCUT2D eigenvalue weighted by Crippen LogP contribution is 2.46. The zero-order valence-corrected chi connectivity index (χ0v) is 11.6. The van der Waals surface area contributed by atoms with Crippen molar-refractivity contribution < 1.29 is 0 Å². The van der Waals surface area contributed by atoms with Gasteiger partial charge in [-0.05, 0) is 12.3 Å². The first kappa shape index (κ1) is 12.6. The van der Waals surface area contributed by atoms with Crippen molar-refractivity contribution in [3.05, 3.63) is 23.0 Å². The molecule has 0 saturated carbocycles. The Kier molecular flexibility index (Phi) is 4.19. The van der Waals surface area contributed by atoms with Crippen molar-refractivity contribution in [2.45, 2.75) is 25.5 Å². The zero-order chi connectivity index (χ0) is 12.3. The van der Waals surface area contributed by atoms with Crippen LogP contribution < -0.4 is 0 Å². The number of hydrogen-bond acceptors (Lipinski definition) is 4. The highest BCUT2D eigenvalue weighted by Gasteiger charge is 2.25. The van der Waals surface area contributed by atoms with Crippen molar-refractivity contribution in [2.24, 2.45) is 5.92 Å². The third-order valence-corrected chi connectivity index (χ3v) is 5.45. The molecule has 1 saturated heterocycles. The van der Waals surface area contributed by atoms with E-state index in [1.165, 1.54) is 6.42 Å². The summed E-state index contributed by atoms with van der Waals surface area (Å²) in [6.07, 6.45) is 6.42. The number of rotatable bonds is 3. The Morgan fingerprint density at radius 3 is 3.12 bits per heavy atom. The molecule has 17 heavy (non-hydrogen) atoms. The quantitative estimate of drug-likeness (QED) is 0.785. The predicted molar refractivity (Wildman–Crippen MR) is 74.3 cm³/mol. The van der Waals surface area contributed by atoms with Crippen LogP contribution in [0.2, 0.25) is 0 Å². The molecule has 0 amide bonds. The van der Waals surface area contributed by atoms with E-state index in [0.717, 1.165) is 9.99 Å². The summed E-state index contributed by atoms with van der Waals surface area (Å²) in [6, 6.07) is 2.28. The van der Waals surface area contributed by atoms with Crippen molar-refractivity contribution in [1.82, 2.24) is 9.55 Å². The molecule has 3 nitrogen and oxygen atoms in total. The minimum absolute atomic E-state index is 0.641. The van der Waals surface area contributed by atoms with E-state index in [-0.39, 0.29) is 0 Å². The molecule has 1 aromatic rings. The fourth-order valence-electron chi connectivity index (χ4n) is 1.75. The van der Waals surface area contributed by atoms with Crippen molar-refractivity contribution in [2.75, 3.05) is 5.75 Å². The highest BCUT2D eigenvalue weighted by atomic mass is 32.2. The summed E-state index contributed by atoms with van der Waals surface area (Å²) in [6.45, 7) is 4.49. The van der Waals surface area contributed by atoms with E-state index in [0.29, 0.717) is 16.9 Å². The fraction of sp³-hybridized carbons (Fsp3) is 0.500. The second-order valence-corrected chi connectivity index (χ2v) is 7.00. The number of aromatic nitrogens is 2. The average Bonchev–Trinajstić information content (AvgIpc) is 2.90. The first-order valence-electron chi connectivity index (χ1n) is 5.63. The molecule has 0 N–H and O–H groups in total. The molecule has 1 aliphatic rings. The predicted octanol–water partition coefficient (Wildman–Crippen LogP) is 3.43. The summed E-state index contributed by atoms with van der Waals surface area (Å²) in [5.41, 5.74) is 0.712. The van der Waals surface area contributed by atoms with Crippen molar-refractivity contribution in [3.63, 3.8) is 0 Å². The molecule has 0 aromatic carbocycles. The van der Waals surface area contributed by atoms with E-state index in [9.17, 15) is 5.26 Å².